The predicted octanol–water partition coefficient (Wildman–Crippen LogP) is 20.1. The van der Waals surface area contributed by atoms with E-state index in [0.29, 0.717) is 26.1 Å². The first-order valence-corrected chi connectivity index (χ1v) is 28.8. The maximum atomic E-state index is 12.1. The Hall–Kier alpha value is -1.06. The molecule has 0 fully saturated rings. The van der Waals surface area contributed by atoms with Crippen LogP contribution in [0.3, 0.4) is 0 Å². The molecule has 0 aliphatic carbocycles. The van der Waals surface area contributed by atoms with E-state index in [9.17, 15) is 9.59 Å². The summed E-state index contributed by atoms with van der Waals surface area (Å²) in [5, 5.41) is 0. The third kappa shape index (κ3) is 51.6. The van der Waals surface area contributed by atoms with Gasteiger partial charge in [0.05, 0.1) is 13.2 Å². The van der Waals surface area contributed by atoms with E-state index < -0.39 is 0 Å². The van der Waals surface area contributed by atoms with E-state index in [1.807, 2.05) is 0 Å². The smallest absolute Gasteiger partial charge is 0.305 e. The lowest BCUT2D eigenvalue weighted by molar-refractivity contribution is -0.144. The van der Waals surface area contributed by atoms with Gasteiger partial charge in [0, 0.05) is 12.8 Å². The van der Waals surface area contributed by atoms with Gasteiger partial charge in [-0.3, -0.25) is 9.59 Å². The van der Waals surface area contributed by atoms with Crippen molar-refractivity contribution in [1.82, 2.24) is 0 Å². The summed E-state index contributed by atoms with van der Waals surface area (Å²) < 4.78 is 11.0. The molecule has 0 aliphatic rings. The van der Waals surface area contributed by atoms with Crippen LogP contribution < -0.4 is 0 Å². The Morgan fingerprint density at radius 2 is 0.468 bits per heavy atom. The number of hydrogen-bond donors (Lipinski definition) is 0. The lowest BCUT2D eigenvalue weighted by atomic mass is 9.93. The molecule has 0 aliphatic heterocycles. The molecule has 0 spiro atoms. The second kappa shape index (κ2) is 52.6. The van der Waals surface area contributed by atoms with Gasteiger partial charge in [0.1, 0.15) is 0 Å². The van der Waals surface area contributed by atoms with Gasteiger partial charge in [-0.15, -0.1) is 0 Å². The number of esters is 2. The zero-order valence-corrected chi connectivity index (χ0v) is 43.1. The van der Waals surface area contributed by atoms with Gasteiger partial charge in [-0.25, -0.2) is 0 Å². The van der Waals surface area contributed by atoms with Crippen molar-refractivity contribution >= 4 is 11.9 Å². The average molecular weight is 876 g/mol. The molecular weight excluding hydrogens is 761 g/mol. The fourth-order valence-corrected chi connectivity index (χ4v) is 9.32. The molecule has 0 saturated heterocycles. The first-order valence-electron chi connectivity index (χ1n) is 28.8. The highest BCUT2D eigenvalue weighted by atomic mass is 16.5. The predicted molar refractivity (Wildman–Crippen MR) is 273 cm³/mol. The number of hydrogen-bond acceptors (Lipinski definition) is 4. The fourth-order valence-electron chi connectivity index (χ4n) is 9.32. The van der Waals surface area contributed by atoms with Gasteiger partial charge in [0.2, 0.25) is 0 Å². The lowest BCUT2D eigenvalue weighted by Crippen LogP contribution is -2.05. The highest BCUT2D eigenvalue weighted by Gasteiger charge is 2.07. The van der Waals surface area contributed by atoms with Crippen molar-refractivity contribution in [1.29, 1.82) is 0 Å². The molecule has 0 rings (SSSR count). The van der Waals surface area contributed by atoms with Crippen molar-refractivity contribution in [2.24, 2.45) is 11.8 Å². The van der Waals surface area contributed by atoms with Crippen LogP contribution in [0.25, 0.3) is 0 Å². The molecule has 0 heterocycles. The van der Waals surface area contributed by atoms with Gasteiger partial charge >= 0.3 is 11.9 Å². The van der Waals surface area contributed by atoms with Crippen LogP contribution in [0.2, 0.25) is 0 Å². The summed E-state index contributed by atoms with van der Waals surface area (Å²) in [5.41, 5.74) is 0. The Balaban J connectivity index is 3.35. The SMILES string of the molecule is CCCCCCCCCCCCCCCCCC(=O)OCCCCCCCC(C)CCCCC(C)CCCCCCCOC(=O)CCCCCCCCCCCCCCCCC. The van der Waals surface area contributed by atoms with Gasteiger partial charge in [0.15, 0.2) is 0 Å². The third-order valence-corrected chi connectivity index (χ3v) is 13.8. The van der Waals surface area contributed by atoms with Crippen LogP contribution in [0.1, 0.15) is 336 Å². The molecule has 2 atom stereocenters. The van der Waals surface area contributed by atoms with Crippen LogP contribution >= 0.6 is 0 Å². The largest absolute Gasteiger partial charge is 0.466 e. The summed E-state index contributed by atoms with van der Waals surface area (Å²) >= 11 is 0. The second-order valence-corrected chi connectivity index (χ2v) is 20.4. The molecule has 4 heteroatoms. The molecule has 0 bridgehead atoms. The first kappa shape index (κ1) is 60.9. The highest BCUT2D eigenvalue weighted by Crippen LogP contribution is 2.22. The Kier molecular flexibility index (Phi) is 51.7. The van der Waals surface area contributed by atoms with Crippen molar-refractivity contribution < 1.29 is 19.1 Å². The molecule has 0 saturated carbocycles. The second-order valence-electron chi connectivity index (χ2n) is 20.4. The number of carbonyl (C=O) groups excluding carboxylic acids is 2. The summed E-state index contributed by atoms with van der Waals surface area (Å²) in [4.78, 5) is 24.2. The van der Waals surface area contributed by atoms with Crippen molar-refractivity contribution in [2.75, 3.05) is 13.2 Å². The molecule has 62 heavy (non-hydrogen) atoms. The Morgan fingerprint density at radius 3 is 0.726 bits per heavy atom. The van der Waals surface area contributed by atoms with Crippen LogP contribution in [-0.2, 0) is 19.1 Å². The molecule has 0 amide bonds. The van der Waals surface area contributed by atoms with Gasteiger partial charge in [-0.1, -0.05) is 297 Å². The van der Waals surface area contributed by atoms with E-state index in [2.05, 4.69) is 27.7 Å². The fraction of sp³-hybridized carbons (Fsp3) is 0.966. The highest BCUT2D eigenvalue weighted by molar-refractivity contribution is 5.69. The van der Waals surface area contributed by atoms with Gasteiger partial charge in [-0.2, -0.15) is 0 Å². The molecule has 4 nitrogen and oxygen atoms in total. The van der Waals surface area contributed by atoms with Crippen molar-refractivity contribution in [3.05, 3.63) is 0 Å². The zero-order chi connectivity index (χ0) is 45.1. The summed E-state index contributed by atoms with van der Waals surface area (Å²) in [6.45, 7) is 10.7. The van der Waals surface area contributed by atoms with E-state index in [4.69, 9.17) is 9.47 Å². The number of rotatable bonds is 53. The molecule has 0 aromatic heterocycles. The molecule has 0 N–H and O–H groups in total. The van der Waals surface area contributed by atoms with Crippen LogP contribution in [0, 0.1) is 11.8 Å². The summed E-state index contributed by atoms with van der Waals surface area (Å²) in [5.74, 6) is 1.73. The van der Waals surface area contributed by atoms with Crippen molar-refractivity contribution in [3.8, 4) is 0 Å². The Bertz CT molecular complexity index is 801. The van der Waals surface area contributed by atoms with Crippen molar-refractivity contribution in [3.63, 3.8) is 0 Å². The average Bonchev–Trinajstić information content (AvgIpc) is 3.26. The molecule has 0 aromatic rings. The topological polar surface area (TPSA) is 52.6 Å². The molecule has 2 unspecified atom stereocenters. The van der Waals surface area contributed by atoms with E-state index in [1.165, 1.54) is 270 Å². The van der Waals surface area contributed by atoms with Crippen LogP contribution in [-0.4, -0.2) is 25.2 Å². The Morgan fingerprint density at radius 1 is 0.274 bits per heavy atom. The number of ether oxygens (including phenoxy) is 2. The summed E-state index contributed by atoms with van der Waals surface area (Å²) in [7, 11) is 0. The minimum absolute atomic E-state index is 0.0192. The summed E-state index contributed by atoms with van der Waals surface area (Å²) in [6, 6.07) is 0. The lowest BCUT2D eigenvalue weighted by Gasteiger charge is -2.14. The van der Waals surface area contributed by atoms with Crippen LogP contribution in [0.15, 0.2) is 0 Å². The number of unbranched alkanes of at least 4 members (excludes halogenated alkanes) is 37. The maximum absolute atomic E-state index is 12.1. The van der Waals surface area contributed by atoms with Gasteiger partial charge < -0.3 is 9.47 Å². The zero-order valence-electron chi connectivity index (χ0n) is 43.1. The third-order valence-electron chi connectivity index (χ3n) is 13.8. The summed E-state index contributed by atoms with van der Waals surface area (Å²) in [6.07, 6.45) is 62.4. The van der Waals surface area contributed by atoms with E-state index in [0.717, 1.165) is 37.5 Å². The van der Waals surface area contributed by atoms with E-state index >= 15 is 0 Å². The molecule has 0 radical (unpaired) electrons. The van der Waals surface area contributed by atoms with E-state index in [1.54, 1.807) is 0 Å². The van der Waals surface area contributed by atoms with Gasteiger partial charge in [-0.05, 0) is 37.5 Å². The standard InChI is InChI=1S/C58H114O4/c1-5-7-9-11-13-15-17-19-21-23-25-27-29-35-41-51-57(59)61-53-45-37-31-33-39-47-55(3)49-43-44-50-56(4)48-40-34-32-38-46-54-62-58(60)52-42-36-30-28-26-24-22-20-18-16-14-12-10-8-6-2/h55-56H,5-54H2,1-4H3. The van der Waals surface area contributed by atoms with E-state index in [-0.39, 0.29) is 11.9 Å². The van der Waals surface area contributed by atoms with Crippen molar-refractivity contribution in [2.45, 2.75) is 336 Å². The minimum Gasteiger partial charge on any atom is -0.466 e. The molecular formula is C58H114O4. The monoisotopic (exact) mass is 875 g/mol. The Labute approximate surface area is 390 Å². The van der Waals surface area contributed by atoms with Crippen LogP contribution in [0.4, 0.5) is 0 Å². The van der Waals surface area contributed by atoms with Gasteiger partial charge in [0.25, 0.3) is 0 Å². The van der Waals surface area contributed by atoms with Crippen LogP contribution in [0.5, 0.6) is 0 Å². The molecule has 370 valence electrons. The normalized spacial score (nSPS) is 12.5. The molecule has 0 aromatic carbocycles. The quantitative estimate of drug-likeness (QED) is 0.0451. The maximum Gasteiger partial charge on any atom is 0.305 e. The minimum atomic E-state index is 0.0192. The number of carbonyl (C=O) groups is 2. The first-order chi connectivity index (χ1) is 30.5.